The van der Waals surface area contributed by atoms with E-state index in [1.165, 1.54) is 11.0 Å². The van der Waals surface area contributed by atoms with Crippen molar-refractivity contribution >= 4 is 11.8 Å². The minimum absolute atomic E-state index is 0.0138. The molecule has 28 heavy (non-hydrogen) atoms. The van der Waals surface area contributed by atoms with Crippen LogP contribution in [0.25, 0.3) is 0 Å². The normalized spacial score (nSPS) is 11.6. The van der Waals surface area contributed by atoms with Gasteiger partial charge in [0.05, 0.1) is 0 Å². The first-order chi connectivity index (χ1) is 13.3. The first kappa shape index (κ1) is 21.4. The number of aryl methyl sites for hydroxylation is 2. The summed E-state index contributed by atoms with van der Waals surface area (Å²) in [6.45, 7) is 7.51. The molecule has 0 aliphatic heterocycles. The summed E-state index contributed by atoms with van der Waals surface area (Å²) < 4.78 is 19.8. The molecule has 0 saturated carbocycles. The van der Waals surface area contributed by atoms with Gasteiger partial charge in [0.1, 0.15) is 17.6 Å². The molecule has 0 aliphatic carbocycles. The molecule has 0 fully saturated rings. The summed E-state index contributed by atoms with van der Waals surface area (Å²) >= 11 is 0. The summed E-state index contributed by atoms with van der Waals surface area (Å²) in [4.78, 5) is 26.5. The first-order valence-corrected chi connectivity index (χ1v) is 9.34. The summed E-state index contributed by atoms with van der Waals surface area (Å²) in [5, 5.41) is 2.70. The van der Waals surface area contributed by atoms with Gasteiger partial charge in [-0.3, -0.25) is 9.59 Å². The Morgan fingerprint density at radius 1 is 1.18 bits per heavy atom. The predicted molar refractivity (Wildman–Crippen MR) is 107 cm³/mol. The number of nitrogens with zero attached hydrogens (tertiary/aromatic N) is 1. The molecular weight excluding hydrogens is 359 g/mol. The zero-order chi connectivity index (χ0) is 20.7. The van der Waals surface area contributed by atoms with Gasteiger partial charge in [0.2, 0.25) is 5.91 Å². The lowest BCUT2D eigenvalue weighted by molar-refractivity contribution is -0.142. The van der Waals surface area contributed by atoms with Crippen LogP contribution in [0, 0.1) is 19.7 Å². The van der Waals surface area contributed by atoms with Crippen molar-refractivity contribution in [1.82, 2.24) is 10.2 Å². The number of likely N-dealkylation sites (N-methyl/N-ethyl adjacent to an activating group) is 1. The highest BCUT2D eigenvalue weighted by Gasteiger charge is 2.27. The number of hydrogen-bond acceptors (Lipinski definition) is 3. The van der Waals surface area contributed by atoms with Crippen molar-refractivity contribution in [3.8, 4) is 5.75 Å². The van der Waals surface area contributed by atoms with Crippen molar-refractivity contribution in [3.63, 3.8) is 0 Å². The van der Waals surface area contributed by atoms with E-state index in [2.05, 4.69) is 5.32 Å². The van der Waals surface area contributed by atoms with E-state index in [9.17, 15) is 14.0 Å². The Morgan fingerprint density at radius 2 is 1.89 bits per heavy atom. The summed E-state index contributed by atoms with van der Waals surface area (Å²) in [7, 11) is 0. The smallest absolute Gasteiger partial charge is 0.261 e. The van der Waals surface area contributed by atoms with Gasteiger partial charge in [-0.15, -0.1) is 0 Å². The third-order valence-electron chi connectivity index (χ3n) is 4.50. The van der Waals surface area contributed by atoms with Crippen LogP contribution in [-0.4, -0.2) is 35.9 Å². The molecule has 1 atom stereocenters. The van der Waals surface area contributed by atoms with E-state index < -0.39 is 11.9 Å². The molecule has 2 aromatic rings. The van der Waals surface area contributed by atoms with Gasteiger partial charge in [-0.1, -0.05) is 35.9 Å². The van der Waals surface area contributed by atoms with Crippen LogP contribution >= 0.6 is 0 Å². The zero-order valence-corrected chi connectivity index (χ0v) is 16.8. The fraction of sp³-hybridized carbons (Fsp3) is 0.364. The van der Waals surface area contributed by atoms with Gasteiger partial charge in [-0.05, 0) is 45.4 Å². The van der Waals surface area contributed by atoms with E-state index in [1.54, 1.807) is 32.0 Å². The number of benzene rings is 2. The fourth-order valence-corrected chi connectivity index (χ4v) is 2.90. The van der Waals surface area contributed by atoms with Crippen LogP contribution in [0.2, 0.25) is 0 Å². The highest BCUT2D eigenvalue weighted by molar-refractivity contribution is 5.87. The monoisotopic (exact) mass is 386 g/mol. The van der Waals surface area contributed by atoms with Crippen LogP contribution in [0.4, 0.5) is 4.39 Å². The molecule has 2 rings (SSSR count). The lowest BCUT2D eigenvalue weighted by Crippen LogP contribution is -2.49. The summed E-state index contributed by atoms with van der Waals surface area (Å²) in [5.41, 5.74) is 2.37. The van der Waals surface area contributed by atoms with Crippen LogP contribution in [0.5, 0.6) is 5.75 Å². The second kappa shape index (κ2) is 9.88. The van der Waals surface area contributed by atoms with Gasteiger partial charge in [-0.2, -0.15) is 0 Å². The van der Waals surface area contributed by atoms with E-state index in [0.29, 0.717) is 17.9 Å². The topological polar surface area (TPSA) is 58.6 Å². The number of ether oxygens (including phenoxy) is 1. The highest BCUT2D eigenvalue weighted by Crippen LogP contribution is 2.19. The minimum Gasteiger partial charge on any atom is -0.483 e. The van der Waals surface area contributed by atoms with Crippen molar-refractivity contribution in [2.75, 3.05) is 13.2 Å². The number of amides is 2. The molecule has 0 radical (unpaired) electrons. The SMILES string of the molecule is CCNC(=O)[C@@H](C)N(Cc1ccccc1F)C(=O)COc1ccc(C)cc1C. The van der Waals surface area contributed by atoms with Gasteiger partial charge < -0.3 is 15.0 Å². The summed E-state index contributed by atoms with van der Waals surface area (Å²) in [6.07, 6.45) is 0. The average Bonchev–Trinajstić information content (AvgIpc) is 2.66. The molecule has 0 heterocycles. The Morgan fingerprint density at radius 3 is 2.54 bits per heavy atom. The Labute approximate surface area is 165 Å². The second-order valence-corrected chi connectivity index (χ2v) is 6.74. The largest absolute Gasteiger partial charge is 0.483 e. The van der Waals surface area contributed by atoms with Crippen molar-refractivity contribution in [1.29, 1.82) is 0 Å². The van der Waals surface area contributed by atoms with Crippen LogP contribution in [0.1, 0.15) is 30.5 Å². The van der Waals surface area contributed by atoms with E-state index in [1.807, 2.05) is 32.0 Å². The molecule has 2 aromatic carbocycles. The Hall–Kier alpha value is -2.89. The van der Waals surface area contributed by atoms with Gasteiger partial charge in [0, 0.05) is 18.7 Å². The molecule has 6 heteroatoms. The van der Waals surface area contributed by atoms with Crippen LogP contribution in [0.15, 0.2) is 42.5 Å². The van der Waals surface area contributed by atoms with Gasteiger partial charge in [-0.25, -0.2) is 4.39 Å². The lowest BCUT2D eigenvalue weighted by Gasteiger charge is -2.28. The molecule has 0 unspecified atom stereocenters. The number of carbonyl (C=O) groups excluding carboxylic acids is 2. The number of carbonyl (C=O) groups is 2. The number of nitrogens with one attached hydrogen (secondary N) is 1. The quantitative estimate of drug-likeness (QED) is 0.757. The van der Waals surface area contributed by atoms with Crippen LogP contribution in [0.3, 0.4) is 0 Å². The zero-order valence-electron chi connectivity index (χ0n) is 16.8. The van der Waals surface area contributed by atoms with E-state index in [-0.39, 0.29) is 25.0 Å². The number of rotatable bonds is 8. The van der Waals surface area contributed by atoms with Gasteiger partial charge >= 0.3 is 0 Å². The first-order valence-electron chi connectivity index (χ1n) is 9.34. The minimum atomic E-state index is -0.755. The van der Waals surface area contributed by atoms with Crippen molar-refractivity contribution in [2.24, 2.45) is 0 Å². The summed E-state index contributed by atoms with van der Waals surface area (Å²) in [5.74, 6) is -0.491. The number of halogens is 1. The average molecular weight is 386 g/mol. The standard InChI is InChI=1S/C22H27FN2O3/c1-5-24-22(27)17(4)25(13-18-8-6-7-9-19(18)23)21(26)14-28-20-11-10-15(2)12-16(20)3/h6-12,17H,5,13-14H2,1-4H3,(H,24,27)/t17-/m1/s1. The van der Waals surface area contributed by atoms with E-state index >= 15 is 0 Å². The molecule has 0 bridgehead atoms. The fourth-order valence-electron chi connectivity index (χ4n) is 2.90. The maximum Gasteiger partial charge on any atom is 0.261 e. The predicted octanol–water partition coefficient (Wildman–Crippen LogP) is 3.37. The maximum absolute atomic E-state index is 14.1. The molecular formula is C22H27FN2O3. The molecule has 0 aromatic heterocycles. The second-order valence-electron chi connectivity index (χ2n) is 6.74. The van der Waals surface area contributed by atoms with Crippen molar-refractivity contribution in [2.45, 2.75) is 40.3 Å². The van der Waals surface area contributed by atoms with E-state index in [0.717, 1.165) is 11.1 Å². The third-order valence-corrected chi connectivity index (χ3v) is 4.50. The molecule has 0 aliphatic rings. The maximum atomic E-state index is 14.1. The number of hydrogen-bond donors (Lipinski definition) is 1. The highest BCUT2D eigenvalue weighted by atomic mass is 19.1. The van der Waals surface area contributed by atoms with Crippen molar-refractivity contribution in [3.05, 3.63) is 65.0 Å². The van der Waals surface area contributed by atoms with Crippen LogP contribution in [-0.2, 0) is 16.1 Å². The Balaban J connectivity index is 2.18. The molecule has 0 saturated heterocycles. The molecule has 1 N–H and O–H groups in total. The van der Waals surface area contributed by atoms with Gasteiger partial charge in [0.15, 0.2) is 6.61 Å². The van der Waals surface area contributed by atoms with Crippen LogP contribution < -0.4 is 10.1 Å². The third kappa shape index (κ3) is 5.55. The Bertz CT molecular complexity index is 838. The van der Waals surface area contributed by atoms with E-state index in [4.69, 9.17) is 4.74 Å². The molecule has 0 spiro atoms. The lowest BCUT2D eigenvalue weighted by atomic mass is 10.1. The summed E-state index contributed by atoms with van der Waals surface area (Å²) in [6, 6.07) is 11.1. The van der Waals surface area contributed by atoms with Crippen molar-refractivity contribution < 1.29 is 18.7 Å². The Kier molecular flexibility index (Phi) is 7.55. The molecule has 2 amide bonds. The molecule has 5 nitrogen and oxygen atoms in total. The van der Waals surface area contributed by atoms with Gasteiger partial charge in [0.25, 0.3) is 5.91 Å². The molecule has 150 valence electrons.